The largest absolute Gasteiger partial charge is 0.133 e. The minimum absolute atomic E-state index is 1.22. The van der Waals surface area contributed by atoms with E-state index in [1.807, 2.05) is 22.7 Å². The van der Waals surface area contributed by atoms with E-state index in [0.29, 0.717) is 0 Å². The van der Waals surface area contributed by atoms with Crippen LogP contribution in [0.5, 0.6) is 0 Å². The molecule has 0 fully saturated rings. The molecule has 292 valence electrons. The molecule has 52 heavy (non-hydrogen) atoms. The van der Waals surface area contributed by atoms with Gasteiger partial charge in [0, 0.05) is 28.9 Å². The van der Waals surface area contributed by atoms with E-state index >= 15 is 0 Å². The topological polar surface area (TPSA) is 0 Å². The molecule has 0 nitrogen and oxygen atoms in total. The van der Waals surface area contributed by atoms with E-state index in [2.05, 4.69) is 92.6 Å². The van der Waals surface area contributed by atoms with Crippen LogP contribution in [0.3, 0.4) is 0 Å². The zero-order chi connectivity index (χ0) is 36.6. The van der Waals surface area contributed by atoms with Crippen LogP contribution in [0.4, 0.5) is 0 Å². The summed E-state index contributed by atoms with van der Waals surface area (Å²) in [5.74, 6) is 0. The van der Waals surface area contributed by atoms with Crippen molar-refractivity contribution in [1.82, 2.24) is 0 Å². The summed E-state index contributed by atoms with van der Waals surface area (Å²) in [6, 6.07) is 9.19. The van der Waals surface area contributed by atoms with Crippen LogP contribution in [-0.2, 0) is 12.8 Å². The van der Waals surface area contributed by atoms with Crippen LogP contribution in [0.15, 0.2) is 31.8 Å². The lowest BCUT2D eigenvalue weighted by Crippen LogP contribution is -1.87. The molecule has 0 amide bonds. The first kappa shape index (κ1) is 44.7. The predicted molar refractivity (Wildman–Crippen MR) is 250 cm³/mol. The normalized spacial score (nSPS) is 11.8. The van der Waals surface area contributed by atoms with Crippen molar-refractivity contribution in [3.05, 3.63) is 43.0 Å². The standard InChI is InChI=1S/C46H70Br2S4/c1-3-5-7-9-11-13-15-17-19-21-23-25-27-29-31-37-43(39-33-35-41(47)49-39)51-46-38(44(52-45(37)46)40-34-36-42(48)50-40)32-30-28-26-24-22-20-18-16-14-12-10-8-6-4-2/h33-36H,3-32H2,1-2H3. The van der Waals surface area contributed by atoms with Gasteiger partial charge in [0.15, 0.2) is 0 Å². The fourth-order valence-corrected chi connectivity index (χ4v) is 13.8. The van der Waals surface area contributed by atoms with Crippen molar-refractivity contribution in [3.8, 4) is 19.5 Å². The second kappa shape index (κ2) is 27.6. The fourth-order valence-electron chi connectivity index (χ4n) is 7.74. The summed E-state index contributed by atoms with van der Waals surface area (Å²) in [7, 11) is 0. The molecule has 0 aliphatic carbocycles. The van der Waals surface area contributed by atoms with Gasteiger partial charge in [-0.05, 0) is 92.9 Å². The Hall–Kier alpha value is 0.0200. The summed E-state index contributed by atoms with van der Waals surface area (Å²) in [6.07, 6.45) is 42.1. The van der Waals surface area contributed by atoms with Gasteiger partial charge in [0.1, 0.15) is 0 Å². The Morgan fingerprint density at radius 2 is 0.615 bits per heavy atom. The monoisotopic (exact) mass is 908 g/mol. The molecule has 4 aromatic rings. The van der Waals surface area contributed by atoms with Gasteiger partial charge >= 0.3 is 0 Å². The van der Waals surface area contributed by atoms with Crippen molar-refractivity contribution in [2.75, 3.05) is 0 Å². The molecule has 0 atom stereocenters. The summed E-state index contributed by atoms with van der Waals surface area (Å²) in [4.78, 5) is 5.99. The first-order valence-electron chi connectivity index (χ1n) is 21.7. The zero-order valence-electron chi connectivity index (χ0n) is 32.9. The van der Waals surface area contributed by atoms with Gasteiger partial charge in [0.2, 0.25) is 0 Å². The predicted octanol–water partition coefficient (Wildman–Crippen LogP) is 20.0. The summed E-state index contributed by atoms with van der Waals surface area (Å²) < 4.78 is 5.68. The molecule has 0 unspecified atom stereocenters. The summed E-state index contributed by atoms with van der Waals surface area (Å²) in [5, 5.41) is 0. The summed E-state index contributed by atoms with van der Waals surface area (Å²) in [6.45, 7) is 4.62. The van der Waals surface area contributed by atoms with Crippen molar-refractivity contribution >= 4 is 86.6 Å². The van der Waals surface area contributed by atoms with Crippen molar-refractivity contribution in [2.45, 2.75) is 206 Å². The van der Waals surface area contributed by atoms with E-state index in [1.165, 1.54) is 210 Å². The second-order valence-electron chi connectivity index (χ2n) is 15.4. The molecule has 4 aromatic heterocycles. The molecule has 0 aliphatic heterocycles. The SMILES string of the molecule is CCCCCCCCCCCCCCCCc1c(-c2ccc(Br)s2)sc2c(CCCCCCCCCCCCCCCC)c(-c3ccc(Br)s3)sc12. The molecule has 0 aliphatic rings. The molecule has 0 aromatic carbocycles. The quantitative estimate of drug-likeness (QED) is 0.0428. The highest BCUT2D eigenvalue weighted by Gasteiger charge is 2.23. The molecule has 0 spiro atoms. The maximum atomic E-state index is 3.78. The number of halogens is 2. The van der Waals surface area contributed by atoms with Crippen LogP contribution in [-0.4, -0.2) is 0 Å². The van der Waals surface area contributed by atoms with Gasteiger partial charge in [-0.1, -0.05) is 181 Å². The van der Waals surface area contributed by atoms with E-state index < -0.39 is 0 Å². The number of unbranched alkanes of at least 4 members (excludes halogenated alkanes) is 26. The minimum atomic E-state index is 1.22. The van der Waals surface area contributed by atoms with Gasteiger partial charge in [-0.3, -0.25) is 0 Å². The van der Waals surface area contributed by atoms with Gasteiger partial charge in [-0.25, -0.2) is 0 Å². The maximum Gasteiger partial charge on any atom is 0.0705 e. The van der Waals surface area contributed by atoms with E-state index in [-0.39, 0.29) is 0 Å². The molecule has 4 heterocycles. The first-order chi connectivity index (χ1) is 25.6. The van der Waals surface area contributed by atoms with Crippen molar-refractivity contribution < 1.29 is 0 Å². The average molecular weight is 911 g/mol. The fraction of sp³-hybridized carbons (Fsp3) is 0.696. The third-order valence-corrected chi connectivity index (χ3v) is 17.2. The Bertz CT molecular complexity index is 1360. The molecule has 0 N–H and O–H groups in total. The number of hydrogen-bond acceptors (Lipinski definition) is 4. The smallest absolute Gasteiger partial charge is 0.0705 e. The lowest BCUT2D eigenvalue weighted by Gasteiger charge is -2.06. The molecular formula is C46H70Br2S4. The van der Waals surface area contributed by atoms with Crippen molar-refractivity contribution in [3.63, 3.8) is 0 Å². The minimum Gasteiger partial charge on any atom is -0.133 e. The van der Waals surface area contributed by atoms with Gasteiger partial charge in [-0.15, -0.1) is 45.3 Å². The van der Waals surface area contributed by atoms with Gasteiger partial charge in [0.05, 0.1) is 7.57 Å². The lowest BCUT2D eigenvalue weighted by molar-refractivity contribution is 0.535. The number of fused-ring (bicyclic) bond motifs is 1. The average Bonchev–Trinajstić information content (AvgIpc) is 3.93. The molecule has 0 saturated carbocycles. The highest BCUT2D eigenvalue weighted by molar-refractivity contribution is 9.11. The highest BCUT2D eigenvalue weighted by Crippen LogP contribution is 2.52. The Balaban J connectivity index is 1.27. The molecule has 0 radical (unpaired) electrons. The number of rotatable bonds is 32. The van der Waals surface area contributed by atoms with Crippen LogP contribution in [0.2, 0.25) is 0 Å². The zero-order valence-corrected chi connectivity index (χ0v) is 39.3. The maximum absolute atomic E-state index is 3.78. The lowest BCUT2D eigenvalue weighted by atomic mass is 10.0. The Kier molecular flexibility index (Phi) is 23.7. The Labute approximate surface area is 352 Å². The Morgan fingerprint density at radius 1 is 0.346 bits per heavy atom. The van der Waals surface area contributed by atoms with E-state index in [1.54, 1.807) is 30.3 Å². The van der Waals surface area contributed by atoms with Crippen LogP contribution >= 0.6 is 77.2 Å². The third kappa shape index (κ3) is 16.2. The first-order valence-corrected chi connectivity index (χ1v) is 26.6. The molecule has 6 heteroatoms. The third-order valence-electron chi connectivity index (χ3n) is 10.9. The molecular weight excluding hydrogens is 841 g/mol. The van der Waals surface area contributed by atoms with Crippen LogP contribution in [0.25, 0.3) is 28.9 Å². The van der Waals surface area contributed by atoms with Crippen LogP contribution < -0.4 is 0 Å². The van der Waals surface area contributed by atoms with Gasteiger partial charge in [0.25, 0.3) is 0 Å². The molecule has 0 saturated heterocycles. The van der Waals surface area contributed by atoms with Gasteiger partial charge in [-0.2, -0.15) is 0 Å². The summed E-state index contributed by atoms with van der Waals surface area (Å²) in [5.41, 5.74) is 3.28. The number of aryl methyl sites for hydroxylation is 2. The van der Waals surface area contributed by atoms with Crippen LogP contribution in [0, 0.1) is 0 Å². The summed E-state index contributed by atoms with van der Waals surface area (Å²) >= 11 is 15.6. The van der Waals surface area contributed by atoms with E-state index in [0.717, 1.165) is 0 Å². The van der Waals surface area contributed by atoms with E-state index in [4.69, 9.17) is 0 Å². The molecule has 0 bridgehead atoms. The number of hydrogen-bond donors (Lipinski definition) is 0. The Morgan fingerprint density at radius 3 is 0.865 bits per heavy atom. The van der Waals surface area contributed by atoms with Crippen LogP contribution in [0.1, 0.15) is 205 Å². The van der Waals surface area contributed by atoms with E-state index in [9.17, 15) is 0 Å². The highest BCUT2D eigenvalue weighted by atomic mass is 79.9. The van der Waals surface area contributed by atoms with Crippen molar-refractivity contribution in [2.24, 2.45) is 0 Å². The molecule has 4 rings (SSSR count). The second-order valence-corrected chi connectivity index (χ2v) is 22.3. The van der Waals surface area contributed by atoms with Gasteiger partial charge < -0.3 is 0 Å². The van der Waals surface area contributed by atoms with Crippen molar-refractivity contribution in [1.29, 1.82) is 0 Å². The number of thiophene rings is 4.